The lowest BCUT2D eigenvalue weighted by atomic mass is 9.95. The van der Waals surface area contributed by atoms with Crippen LogP contribution < -0.4 is 5.73 Å². The Labute approximate surface area is 133 Å². The molecule has 1 unspecified atom stereocenters. The lowest BCUT2D eigenvalue weighted by Crippen LogP contribution is -2.13. The van der Waals surface area contributed by atoms with Crippen LogP contribution in [0.5, 0.6) is 0 Å². The zero-order valence-electron chi connectivity index (χ0n) is 12.1. The fourth-order valence-corrected chi connectivity index (χ4v) is 3.08. The van der Waals surface area contributed by atoms with Gasteiger partial charge in [-0.3, -0.25) is 4.98 Å². The lowest BCUT2D eigenvalue weighted by Gasteiger charge is -2.16. The number of halogens is 1. The number of rotatable bonds is 2. The average molecular weight is 341 g/mol. The fraction of sp³-hybridized carbons (Fsp3) is 0.167. The molecule has 2 nitrogen and oxygen atoms in total. The van der Waals surface area contributed by atoms with Gasteiger partial charge in [0.2, 0.25) is 0 Å². The number of hydrogen-bond donors (Lipinski definition) is 1. The summed E-state index contributed by atoms with van der Waals surface area (Å²) in [6.07, 6.45) is 0. The summed E-state index contributed by atoms with van der Waals surface area (Å²) >= 11 is 3.49. The van der Waals surface area contributed by atoms with Gasteiger partial charge >= 0.3 is 0 Å². The van der Waals surface area contributed by atoms with Gasteiger partial charge in [-0.25, -0.2) is 0 Å². The van der Waals surface area contributed by atoms with E-state index in [0.717, 1.165) is 32.2 Å². The second-order valence-electron chi connectivity index (χ2n) is 5.38. The quantitative estimate of drug-likeness (QED) is 0.736. The Hall–Kier alpha value is -1.71. The Morgan fingerprint density at radius 1 is 1.00 bits per heavy atom. The minimum Gasteiger partial charge on any atom is -0.320 e. The van der Waals surface area contributed by atoms with Gasteiger partial charge in [-0.05, 0) is 60.9 Å². The van der Waals surface area contributed by atoms with Crippen LogP contribution in [0.15, 0.2) is 53.0 Å². The van der Waals surface area contributed by atoms with E-state index in [9.17, 15) is 0 Å². The number of benzene rings is 2. The normalized spacial score (nSPS) is 12.6. The van der Waals surface area contributed by atoms with Gasteiger partial charge < -0.3 is 5.73 Å². The summed E-state index contributed by atoms with van der Waals surface area (Å²) < 4.78 is 1.08. The summed E-state index contributed by atoms with van der Waals surface area (Å²) in [7, 11) is 0. The van der Waals surface area contributed by atoms with Gasteiger partial charge in [0, 0.05) is 15.6 Å². The molecule has 0 spiro atoms. The van der Waals surface area contributed by atoms with Crippen molar-refractivity contribution in [3.05, 3.63) is 75.4 Å². The molecule has 3 heteroatoms. The van der Waals surface area contributed by atoms with E-state index in [1.807, 2.05) is 25.1 Å². The second kappa shape index (κ2) is 5.58. The van der Waals surface area contributed by atoms with Gasteiger partial charge in [0.05, 0.1) is 11.6 Å². The Balaban J connectivity index is 2.04. The molecule has 0 aliphatic carbocycles. The predicted molar refractivity (Wildman–Crippen MR) is 91.4 cm³/mol. The maximum atomic E-state index is 6.45. The Kier molecular flexibility index (Phi) is 3.79. The highest BCUT2D eigenvalue weighted by Crippen LogP contribution is 2.27. The van der Waals surface area contributed by atoms with Crippen LogP contribution >= 0.6 is 15.9 Å². The summed E-state index contributed by atoms with van der Waals surface area (Å²) in [6.45, 7) is 4.09. The molecule has 106 valence electrons. The molecule has 0 fully saturated rings. The monoisotopic (exact) mass is 340 g/mol. The molecule has 3 rings (SSSR count). The van der Waals surface area contributed by atoms with E-state index in [1.165, 1.54) is 5.56 Å². The third kappa shape index (κ3) is 2.85. The highest BCUT2D eigenvalue weighted by atomic mass is 79.9. The molecule has 3 aromatic rings. The number of aryl methyl sites for hydroxylation is 2. The molecule has 0 saturated heterocycles. The minimum absolute atomic E-state index is 0.121. The zero-order chi connectivity index (χ0) is 15.0. The molecule has 0 aliphatic rings. The molecule has 0 aliphatic heterocycles. The lowest BCUT2D eigenvalue weighted by molar-refractivity contribution is 0.863. The van der Waals surface area contributed by atoms with Crippen LogP contribution in [0.4, 0.5) is 0 Å². The van der Waals surface area contributed by atoms with Crippen molar-refractivity contribution in [2.75, 3.05) is 0 Å². The van der Waals surface area contributed by atoms with Gasteiger partial charge in [-0.2, -0.15) is 0 Å². The second-order valence-corrected chi connectivity index (χ2v) is 6.30. The summed E-state index contributed by atoms with van der Waals surface area (Å²) in [6, 6.07) is 16.5. The molecular weight excluding hydrogens is 324 g/mol. The van der Waals surface area contributed by atoms with Crippen molar-refractivity contribution in [1.82, 2.24) is 4.98 Å². The van der Waals surface area contributed by atoms with Crippen molar-refractivity contribution in [3.8, 4) is 0 Å². The van der Waals surface area contributed by atoms with Crippen LogP contribution in [-0.2, 0) is 0 Å². The van der Waals surface area contributed by atoms with Crippen molar-refractivity contribution in [3.63, 3.8) is 0 Å². The van der Waals surface area contributed by atoms with E-state index >= 15 is 0 Å². The van der Waals surface area contributed by atoms with E-state index in [1.54, 1.807) is 0 Å². The van der Waals surface area contributed by atoms with Gasteiger partial charge in [0.15, 0.2) is 0 Å². The van der Waals surface area contributed by atoms with Crippen molar-refractivity contribution in [2.24, 2.45) is 5.73 Å². The average Bonchev–Trinajstić information content (AvgIpc) is 2.46. The number of nitrogens with two attached hydrogens (primary N) is 1. The van der Waals surface area contributed by atoms with Crippen LogP contribution in [0.1, 0.15) is 28.4 Å². The number of hydrogen-bond acceptors (Lipinski definition) is 2. The Bertz CT molecular complexity index is 811. The molecule has 1 heterocycles. The van der Waals surface area contributed by atoms with Gasteiger partial charge in [-0.15, -0.1) is 0 Å². The number of fused-ring (bicyclic) bond motifs is 1. The number of pyridine rings is 1. The van der Waals surface area contributed by atoms with E-state index in [4.69, 9.17) is 5.73 Å². The summed E-state index contributed by atoms with van der Waals surface area (Å²) in [5.41, 5.74) is 11.9. The van der Waals surface area contributed by atoms with Gasteiger partial charge in [-0.1, -0.05) is 34.1 Å². The minimum atomic E-state index is -0.121. The molecule has 0 radical (unpaired) electrons. The third-order valence-electron chi connectivity index (χ3n) is 3.78. The van der Waals surface area contributed by atoms with Crippen molar-refractivity contribution < 1.29 is 0 Å². The number of nitrogens with zero attached hydrogens (tertiary/aromatic N) is 1. The summed E-state index contributed by atoms with van der Waals surface area (Å²) in [5, 5.41) is 1.13. The zero-order valence-corrected chi connectivity index (χ0v) is 13.7. The first-order valence-electron chi connectivity index (χ1n) is 6.93. The van der Waals surface area contributed by atoms with Crippen LogP contribution in [-0.4, -0.2) is 4.98 Å². The van der Waals surface area contributed by atoms with E-state index < -0.39 is 0 Å². The first kappa shape index (κ1) is 14.2. The van der Waals surface area contributed by atoms with E-state index in [-0.39, 0.29) is 6.04 Å². The van der Waals surface area contributed by atoms with Crippen molar-refractivity contribution in [2.45, 2.75) is 19.9 Å². The molecule has 2 aromatic carbocycles. The van der Waals surface area contributed by atoms with Crippen LogP contribution in [0, 0.1) is 13.8 Å². The summed E-state index contributed by atoms with van der Waals surface area (Å²) in [5.74, 6) is 0. The summed E-state index contributed by atoms with van der Waals surface area (Å²) in [4.78, 5) is 4.53. The molecule has 0 bridgehead atoms. The molecule has 21 heavy (non-hydrogen) atoms. The van der Waals surface area contributed by atoms with Crippen LogP contribution in [0.2, 0.25) is 0 Å². The highest BCUT2D eigenvalue weighted by molar-refractivity contribution is 9.10. The van der Waals surface area contributed by atoms with Crippen molar-refractivity contribution >= 4 is 26.8 Å². The molecule has 0 saturated carbocycles. The Morgan fingerprint density at radius 3 is 2.57 bits per heavy atom. The smallest absolute Gasteiger partial charge is 0.0705 e. The van der Waals surface area contributed by atoms with Gasteiger partial charge in [0.25, 0.3) is 0 Å². The predicted octanol–water partition coefficient (Wildman–Crippen LogP) is 4.66. The molecule has 2 N–H and O–H groups in total. The Morgan fingerprint density at radius 2 is 1.81 bits per heavy atom. The molecule has 1 atom stereocenters. The molecule has 1 aromatic heterocycles. The largest absolute Gasteiger partial charge is 0.320 e. The SMILES string of the molecule is Cc1ccc2cc(C(N)c3ccc(Br)cc3C)ccc2n1. The maximum absolute atomic E-state index is 6.45. The van der Waals surface area contributed by atoms with Gasteiger partial charge in [0.1, 0.15) is 0 Å². The van der Waals surface area contributed by atoms with Crippen LogP contribution in [0.25, 0.3) is 10.9 Å². The van der Waals surface area contributed by atoms with Crippen molar-refractivity contribution in [1.29, 1.82) is 0 Å². The first-order chi connectivity index (χ1) is 10.0. The highest BCUT2D eigenvalue weighted by Gasteiger charge is 2.12. The third-order valence-corrected chi connectivity index (χ3v) is 4.27. The van der Waals surface area contributed by atoms with Crippen LogP contribution in [0.3, 0.4) is 0 Å². The van der Waals surface area contributed by atoms with E-state index in [2.05, 4.69) is 58.2 Å². The standard InChI is InChI=1S/C18H17BrN2/c1-11-9-15(19)6-7-16(11)18(20)14-5-8-17-13(10-14)4-3-12(2)21-17/h3-10,18H,20H2,1-2H3. The fourth-order valence-electron chi connectivity index (χ4n) is 2.61. The number of aromatic nitrogens is 1. The first-order valence-corrected chi connectivity index (χ1v) is 7.73. The van der Waals surface area contributed by atoms with E-state index in [0.29, 0.717) is 0 Å². The maximum Gasteiger partial charge on any atom is 0.0705 e. The molecule has 0 amide bonds. The molecular formula is C18H17BrN2. The topological polar surface area (TPSA) is 38.9 Å².